The fourth-order valence-corrected chi connectivity index (χ4v) is 4.88. The summed E-state index contributed by atoms with van der Waals surface area (Å²) < 4.78 is 12.4. The number of carbonyl (C=O) groups is 2. The molecule has 0 aromatic heterocycles. The standard InChI is InChI=1S/C30H42O4/c1-7-15-25(27(21(3)4)33-29(31)23-17-11-9-12-18-23)26(16-8-2)28(22(5)6)34-30(32)24-19-13-10-14-20-24/h9-14,17-22,25-28H,7-8,15-16H2,1-6H3. The van der Waals surface area contributed by atoms with Gasteiger partial charge in [0.1, 0.15) is 12.2 Å². The summed E-state index contributed by atoms with van der Waals surface area (Å²) in [6, 6.07) is 18.3. The topological polar surface area (TPSA) is 52.6 Å². The Kier molecular flexibility index (Phi) is 11.3. The van der Waals surface area contributed by atoms with Crippen LogP contribution in [0.2, 0.25) is 0 Å². The Morgan fingerprint density at radius 3 is 1.21 bits per heavy atom. The Morgan fingerprint density at radius 2 is 0.941 bits per heavy atom. The smallest absolute Gasteiger partial charge is 0.338 e. The van der Waals surface area contributed by atoms with Gasteiger partial charge >= 0.3 is 11.9 Å². The summed E-state index contributed by atoms with van der Waals surface area (Å²) in [6.45, 7) is 12.7. The van der Waals surface area contributed by atoms with Crippen LogP contribution in [0.25, 0.3) is 0 Å². The van der Waals surface area contributed by atoms with E-state index in [9.17, 15) is 9.59 Å². The van der Waals surface area contributed by atoms with Crippen LogP contribution in [0.5, 0.6) is 0 Å². The lowest BCUT2D eigenvalue weighted by atomic mass is 9.73. The molecule has 0 aliphatic heterocycles. The summed E-state index contributed by atoms with van der Waals surface area (Å²) in [5.74, 6) is -0.124. The molecule has 4 unspecified atom stereocenters. The van der Waals surface area contributed by atoms with Gasteiger partial charge in [-0.2, -0.15) is 0 Å². The molecule has 0 heterocycles. The lowest BCUT2D eigenvalue weighted by Crippen LogP contribution is -2.44. The normalized spacial score (nSPS) is 14.9. The average molecular weight is 467 g/mol. The molecule has 186 valence electrons. The van der Waals surface area contributed by atoms with Gasteiger partial charge in [0.2, 0.25) is 0 Å². The van der Waals surface area contributed by atoms with Crippen LogP contribution in [0.4, 0.5) is 0 Å². The fraction of sp³-hybridized carbons (Fsp3) is 0.533. The van der Waals surface area contributed by atoms with Crippen LogP contribution in [0.3, 0.4) is 0 Å². The van der Waals surface area contributed by atoms with Crippen molar-refractivity contribution in [2.45, 2.75) is 79.4 Å². The molecule has 2 aromatic rings. The largest absolute Gasteiger partial charge is 0.458 e. The maximum absolute atomic E-state index is 13.0. The third-order valence-corrected chi connectivity index (χ3v) is 6.46. The van der Waals surface area contributed by atoms with Crippen LogP contribution in [0.1, 0.15) is 87.9 Å². The Bertz CT molecular complexity index is 786. The van der Waals surface area contributed by atoms with E-state index in [-0.39, 0.29) is 47.8 Å². The minimum atomic E-state index is -0.293. The molecule has 4 heteroatoms. The molecule has 0 spiro atoms. The van der Waals surface area contributed by atoms with Gasteiger partial charge in [-0.05, 0) is 48.9 Å². The van der Waals surface area contributed by atoms with Gasteiger partial charge in [-0.25, -0.2) is 9.59 Å². The third kappa shape index (κ3) is 7.72. The van der Waals surface area contributed by atoms with Crippen molar-refractivity contribution in [3.8, 4) is 0 Å². The molecule has 0 aliphatic rings. The van der Waals surface area contributed by atoms with Crippen LogP contribution >= 0.6 is 0 Å². The molecular weight excluding hydrogens is 424 g/mol. The lowest BCUT2D eigenvalue weighted by molar-refractivity contribution is -0.0614. The second-order valence-electron chi connectivity index (χ2n) is 9.86. The highest BCUT2D eigenvalue weighted by molar-refractivity contribution is 5.90. The van der Waals surface area contributed by atoms with Gasteiger partial charge in [-0.3, -0.25) is 0 Å². The van der Waals surface area contributed by atoms with E-state index >= 15 is 0 Å². The van der Waals surface area contributed by atoms with Crippen LogP contribution in [0, 0.1) is 23.7 Å². The first-order valence-electron chi connectivity index (χ1n) is 12.8. The summed E-state index contributed by atoms with van der Waals surface area (Å²) in [7, 11) is 0. The van der Waals surface area contributed by atoms with E-state index in [0.717, 1.165) is 25.7 Å². The van der Waals surface area contributed by atoms with E-state index in [2.05, 4.69) is 41.5 Å². The number of hydrogen-bond donors (Lipinski definition) is 0. The van der Waals surface area contributed by atoms with Gasteiger partial charge in [0.15, 0.2) is 0 Å². The van der Waals surface area contributed by atoms with Crippen molar-refractivity contribution in [1.29, 1.82) is 0 Å². The number of benzene rings is 2. The second-order valence-corrected chi connectivity index (χ2v) is 9.86. The maximum atomic E-state index is 13.0. The number of hydrogen-bond acceptors (Lipinski definition) is 4. The predicted molar refractivity (Wildman–Crippen MR) is 138 cm³/mol. The molecule has 0 fully saturated rings. The Balaban J connectivity index is 2.37. The summed E-state index contributed by atoms with van der Waals surface area (Å²) in [5.41, 5.74) is 1.12. The third-order valence-electron chi connectivity index (χ3n) is 6.46. The van der Waals surface area contributed by atoms with Crippen molar-refractivity contribution in [2.24, 2.45) is 23.7 Å². The number of rotatable bonds is 13. The van der Waals surface area contributed by atoms with Gasteiger partial charge in [0.05, 0.1) is 11.1 Å². The molecule has 4 atom stereocenters. The van der Waals surface area contributed by atoms with Gasteiger partial charge in [0.25, 0.3) is 0 Å². The predicted octanol–water partition coefficient (Wildman–Crippen LogP) is 7.58. The highest BCUT2D eigenvalue weighted by Gasteiger charge is 2.40. The molecule has 0 saturated heterocycles. The Morgan fingerprint density at radius 1 is 0.618 bits per heavy atom. The first-order valence-corrected chi connectivity index (χ1v) is 12.8. The molecule has 0 amide bonds. The minimum Gasteiger partial charge on any atom is -0.458 e. The Labute approximate surface area is 206 Å². The number of carbonyl (C=O) groups excluding carboxylic acids is 2. The fourth-order valence-electron chi connectivity index (χ4n) is 4.88. The second kappa shape index (κ2) is 13.9. The number of esters is 2. The van der Waals surface area contributed by atoms with Crippen molar-refractivity contribution in [2.75, 3.05) is 0 Å². The molecule has 0 radical (unpaired) electrons. The zero-order chi connectivity index (χ0) is 25.1. The van der Waals surface area contributed by atoms with Gasteiger partial charge < -0.3 is 9.47 Å². The van der Waals surface area contributed by atoms with Crippen LogP contribution < -0.4 is 0 Å². The van der Waals surface area contributed by atoms with E-state index < -0.39 is 0 Å². The minimum absolute atomic E-state index is 0.0913. The highest BCUT2D eigenvalue weighted by Crippen LogP contribution is 2.37. The van der Waals surface area contributed by atoms with E-state index in [4.69, 9.17) is 9.47 Å². The van der Waals surface area contributed by atoms with Crippen molar-refractivity contribution < 1.29 is 19.1 Å². The van der Waals surface area contributed by atoms with Crippen LogP contribution in [0.15, 0.2) is 60.7 Å². The molecule has 4 nitrogen and oxygen atoms in total. The quantitative estimate of drug-likeness (QED) is 0.285. The van der Waals surface area contributed by atoms with Crippen LogP contribution in [-0.4, -0.2) is 24.1 Å². The molecule has 2 aromatic carbocycles. The number of ether oxygens (including phenoxy) is 2. The molecule has 0 aliphatic carbocycles. The monoisotopic (exact) mass is 466 g/mol. The average Bonchev–Trinajstić information content (AvgIpc) is 2.84. The van der Waals surface area contributed by atoms with Crippen LogP contribution in [-0.2, 0) is 9.47 Å². The Hall–Kier alpha value is -2.62. The molecule has 0 saturated carbocycles. The van der Waals surface area contributed by atoms with E-state index in [1.54, 1.807) is 24.3 Å². The van der Waals surface area contributed by atoms with Crippen molar-refractivity contribution in [1.82, 2.24) is 0 Å². The zero-order valence-corrected chi connectivity index (χ0v) is 21.7. The van der Waals surface area contributed by atoms with E-state index in [1.807, 2.05) is 36.4 Å². The van der Waals surface area contributed by atoms with Gasteiger partial charge in [-0.15, -0.1) is 0 Å². The SMILES string of the molecule is CCCC(C(CCC)C(OC(=O)c1ccccc1)C(C)C)C(OC(=O)c1ccccc1)C(C)C. The van der Waals surface area contributed by atoms with Crippen molar-refractivity contribution >= 4 is 11.9 Å². The van der Waals surface area contributed by atoms with Gasteiger partial charge in [0, 0.05) is 11.8 Å². The van der Waals surface area contributed by atoms with Crippen molar-refractivity contribution in [3.63, 3.8) is 0 Å². The first kappa shape index (κ1) is 27.6. The molecule has 34 heavy (non-hydrogen) atoms. The van der Waals surface area contributed by atoms with Crippen molar-refractivity contribution in [3.05, 3.63) is 71.8 Å². The zero-order valence-electron chi connectivity index (χ0n) is 21.7. The first-order chi connectivity index (χ1) is 16.3. The summed E-state index contributed by atoms with van der Waals surface area (Å²) in [4.78, 5) is 26.0. The van der Waals surface area contributed by atoms with Gasteiger partial charge in [-0.1, -0.05) is 90.8 Å². The molecule has 0 N–H and O–H groups in total. The molecule has 0 bridgehead atoms. The lowest BCUT2D eigenvalue weighted by Gasteiger charge is -2.40. The molecule has 2 rings (SSSR count). The summed E-state index contributed by atoms with van der Waals surface area (Å²) in [6.07, 6.45) is 3.22. The summed E-state index contributed by atoms with van der Waals surface area (Å²) in [5, 5.41) is 0. The molecular formula is C30H42O4. The maximum Gasteiger partial charge on any atom is 0.338 e. The van der Waals surface area contributed by atoms with E-state index in [0.29, 0.717) is 11.1 Å². The summed E-state index contributed by atoms with van der Waals surface area (Å²) >= 11 is 0. The highest BCUT2D eigenvalue weighted by atomic mass is 16.6. The van der Waals surface area contributed by atoms with E-state index in [1.165, 1.54) is 0 Å².